The number of nitrogens with zero attached hydrogens (tertiary/aromatic N) is 1. The van der Waals surface area contributed by atoms with Crippen LogP contribution < -0.4 is 10.2 Å². The number of benzene rings is 2. The van der Waals surface area contributed by atoms with Gasteiger partial charge >= 0.3 is 5.91 Å². The molecule has 0 saturated heterocycles. The molecule has 0 unspecified atom stereocenters. The van der Waals surface area contributed by atoms with Gasteiger partial charge in [-0.05, 0) is 52.3 Å². The lowest BCUT2D eigenvalue weighted by Crippen LogP contribution is -2.16. The van der Waals surface area contributed by atoms with Gasteiger partial charge in [-0.3, -0.25) is 4.79 Å². The van der Waals surface area contributed by atoms with Crippen molar-refractivity contribution in [1.29, 1.82) is 0 Å². The highest BCUT2D eigenvalue weighted by Crippen LogP contribution is 2.31. The first-order chi connectivity index (χ1) is 12.0. The Morgan fingerprint density at radius 1 is 1.16 bits per heavy atom. The molecule has 0 spiro atoms. The molecule has 3 aromatic rings. The van der Waals surface area contributed by atoms with Crippen molar-refractivity contribution in [2.45, 2.75) is 0 Å². The van der Waals surface area contributed by atoms with E-state index in [2.05, 4.69) is 58.3 Å². The van der Waals surface area contributed by atoms with Gasteiger partial charge in [0.1, 0.15) is 11.3 Å². The number of amides is 1. The number of carbonyl (C=O) groups is 1. The van der Waals surface area contributed by atoms with Crippen LogP contribution in [-0.4, -0.2) is 19.2 Å². The highest BCUT2D eigenvalue weighted by atomic mass is 79.9. The van der Waals surface area contributed by atoms with Crippen molar-refractivity contribution in [3.63, 3.8) is 0 Å². The number of carbonyl (C=O) groups excluding carboxylic acids is 1. The molecule has 2 aromatic carbocycles. The molecule has 0 aliphatic carbocycles. The van der Waals surface area contributed by atoms with E-state index < -0.39 is 5.91 Å². The van der Waals surface area contributed by atoms with Gasteiger partial charge in [-0.2, -0.15) is 5.10 Å². The third kappa shape index (κ3) is 4.13. The van der Waals surface area contributed by atoms with Gasteiger partial charge in [0, 0.05) is 19.9 Å². The molecule has 128 valence electrons. The van der Waals surface area contributed by atoms with Crippen LogP contribution in [0.2, 0.25) is 0 Å². The lowest BCUT2D eigenvalue weighted by molar-refractivity contribution is 0.0929. The molecule has 0 saturated carbocycles. The summed E-state index contributed by atoms with van der Waals surface area (Å²) in [6.07, 6.45) is 1.51. The van der Waals surface area contributed by atoms with Crippen molar-refractivity contribution >= 4 is 70.9 Å². The van der Waals surface area contributed by atoms with Gasteiger partial charge in [0.15, 0.2) is 5.76 Å². The number of furan rings is 1. The normalized spacial score (nSPS) is 11.2. The van der Waals surface area contributed by atoms with Crippen molar-refractivity contribution < 1.29 is 13.9 Å². The van der Waals surface area contributed by atoms with Crippen LogP contribution >= 0.6 is 47.8 Å². The zero-order valence-corrected chi connectivity index (χ0v) is 17.6. The molecule has 8 heteroatoms. The predicted octanol–water partition coefficient (Wildman–Crippen LogP) is 5.49. The maximum Gasteiger partial charge on any atom is 0.307 e. The van der Waals surface area contributed by atoms with Crippen LogP contribution in [0.25, 0.3) is 11.0 Å². The molecular weight excluding hydrogens is 520 g/mol. The molecule has 1 heterocycles. The van der Waals surface area contributed by atoms with E-state index in [1.54, 1.807) is 13.2 Å². The summed E-state index contributed by atoms with van der Waals surface area (Å²) in [6, 6.07) is 10.9. The van der Waals surface area contributed by atoms with Crippen LogP contribution in [0.15, 0.2) is 59.3 Å². The number of halogens is 3. The van der Waals surface area contributed by atoms with Crippen LogP contribution in [0.1, 0.15) is 16.1 Å². The van der Waals surface area contributed by atoms with E-state index in [1.807, 2.05) is 30.3 Å². The average molecular weight is 531 g/mol. The number of methoxy groups -OCH3 is 1. The van der Waals surface area contributed by atoms with Gasteiger partial charge in [-0.15, -0.1) is 0 Å². The van der Waals surface area contributed by atoms with E-state index in [0.717, 1.165) is 24.4 Å². The number of ether oxygens (including phenoxy) is 1. The Labute approximate surface area is 168 Å². The van der Waals surface area contributed by atoms with E-state index in [9.17, 15) is 4.79 Å². The molecular formula is C17H11Br3N2O3. The Kier molecular flexibility index (Phi) is 5.61. The first-order valence-electron chi connectivity index (χ1n) is 7.03. The van der Waals surface area contributed by atoms with E-state index >= 15 is 0 Å². The van der Waals surface area contributed by atoms with Gasteiger partial charge < -0.3 is 9.15 Å². The summed E-state index contributed by atoms with van der Waals surface area (Å²) < 4.78 is 13.4. The minimum atomic E-state index is -0.440. The smallest absolute Gasteiger partial charge is 0.307 e. The van der Waals surface area contributed by atoms with Crippen molar-refractivity contribution in [3.8, 4) is 5.75 Å². The molecule has 1 N–H and O–H groups in total. The van der Waals surface area contributed by atoms with Gasteiger partial charge in [0.25, 0.3) is 0 Å². The minimum Gasteiger partial charge on any atom is -0.496 e. The fourth-order valence-electron chi connectivity index (χ4n) is 2.21. The topological polar surface area (TPSA) is 63.8 Å². The number of nitrogens with one attached hydrogen (secondary N) is 1. The number of rotatable bonds is 4. The SMILES string of the molecule is COc1ccc(Br)cc1/C=N\NC(=O)c1cc2cc(Br)cc(Br)c2o1. The van der Waals surface area contributed by atoms with Gasteiger partial charge in [-0.25, -0.2) is 5.43 Å². The number of hydrogen-bond donors (Lipinski definition) is 1. The number of fused-ring (bicyclic) bond motifs is 1. The van der Waals surface area contributed by atoms with E-state index in [1.165, 1.54) is 6.21 Å². The van der Waals surface area contributed by atoms with Crippen LogP contribution in [-0.2, 0) is 0 Å². The Hall–Kier alpha value is -1.64. The summed E-state index contributed by atoms with van der Waals surface area (Å²) in [5.74, 6) is 0.385. The van der Waals surface area contributed by atoms with Gasteiger partial charge in [0.05, 0.1) is 17.8 Å². The standard InChI is InChI=1S/C17H11Br3N2O3/c1-24-14-3-2-11(18)5-10(14)8-21-22-17(23)15-6-9-4-12(19)7-13(20)16(9)25-15/h2-8H,1H3,(H,22,23)/b21-8-. The molecule has 0 fully saturated rings. The quantitative estimate of drug-likeness (QED) is 0.358. The van der Waals surface area contributed by atoms with Crippen molar-refractivity contribution in [1.82, 2.24) is 5.43 Å². The first-order valence-corrected chi connectivity index (χ1v) is 9.41. The molecule has 1 aromatic heterocycles. The summed E-state index contributed by atoms with van der Waals surface area (Å²) in [7, 11) is 1.57. The highest BCUT2D eigenvalue weighted by molar-refractivity contribution is 9.11. The summed E-state index contributed by atoms with van der Waals surface area (Å²) in [6.45, 7) is 0. The third-order valence-corrected chi connectivity index (χ3v) is 4.86. The Balaban J connectivity index is 1.79. The third-order valence-electron chi connectivity index (χ3n) is 3.32. The zero-order chi connectivity index (χ0) is 18.0. The van der Waals surface area contributed by atoms with Crippen LogP contribution in [0, 0.1) is 0 Å². The Bertz CT molecular complexity index is 983. The monoisotopic (exact) mass is 528 g/mol. The van der Waals surface area contributed by atoms with Crippen LogP contribution in [0.4, 0.5) is 0 Å². The lowest BCUT2D eigenvalue weighted by Gasteiger charge is -2.04. The van der Waals surface area contributed by atoms with Gasteiger partial charge in [0.2, 0.25) is 0 Å². The summed E-state index contributed by atoms with van der Waals surface area (Å²) >= 11 is 10.2. The van der Waals surface area contributed by atoms with E-state index in [-0.39, 0.29) is 5.76 Å². The van der Waals surface area contributed by atoms with Crippen molar-refractivity contribution in [3.05, 3.63) is 61.1 Å². The van der Waals surface area contributed by atoms with Crippen LogP contribution in [0.3, 0.4) is 0 Å². The molecule has 0 aliphatic rings. The molecule has 1 amide bonds. The van der Waals surface area contributed by atoms with E-state index in [4.69, 9.17) is 9.15 Å². The van der Waals surface area contributed by atoms with Crippen molar-refractivity contribution in [2.75, 3.05) is 7.11 Å². The largest absolute Gasteiger partial charge is 0.496 e. The molecule has 25 heavy (non-hydrogen) atoms. The number of hydrogen-bond acceptors (Lipinski definition) is 4. The summed E-state index contributed by atoms with van der Waals surface area (Å²) in [4.78, 5) is 12.2. The fourth-order valence-corrected chi connectivity index (χ4v) is 3.93. The zero-order valence-electron chi connectivity index (χ0n) is 12.8. The number of hydrazone groups is 1. The van der Waals surface area contributed by atoms with E-state index in [0.29, 0.717) is 11.3 Å². The fraction of sp³-hybridized carbons (Fsp3) is 0.0588. The molecule has 5 nitrogen and oxygen atoms in total. The maximum atomic E-state index is 12.2. The molecule has 0 aliphatic heterocycles. The Morgan fingerprint density at radius 2 is 1.96 bits per heavy atom. The predicted molar refractivity (Wildman–Crippen MR) is 107 cm³/mol. The summed E-state index contributed by atoms with van der Waals surface area (Å²) in [5, 5.41) is 4.78. The molecule has 3 rings (SSSR count). The minimum absolute atomic E-state index is 0.173. The second-order valence-electron chi connectivity index (χ2n) is 5.00. The average Bonchev–Trinajstić information content (AvgIpc) is 2.99. The second kappa shape index (κ2) is 7.72. The van der Waals surface area contributed by atoms with Crippen LogP contribution in [0.5, 0.6) is 5.75 Å². The lowest BCUT2D eigenvalue weighted by atomic mass is 10.2. The molecule has 0 atom stereocenters. The molecule has 0 bridgehead atoms. The first kappa shape index (κ1) is 18.2. The second-order valence-corrected chi connectivity index (χ2v) is 7.69. The van der Waals surface area contributed by atoms with Crippen molar-refractivity contribution in [2.24, 2.45) is 5.10 Å². The molecule has 0 radical (unpaired) electrons. The maximum absolute atomic E-state index is 12.2. The van der Waals surface area contributed by atoms with Gasteiger partial charge in [-0.1, -0.05) is 31.9 Å². The summed E-state index contributed by atoms with van der Waals surface area (Å²) in [5.41, 5.74) is 3.78. The highest BCUT2D eigenvalue weighted by Gasteiger charge is 2.14. The Morgan fingerprint density at radius 3 is 2.72 bits per heavy atom.